The minimum atomic E-state index is -0.738. The van der Waals surface area contributed by atoms with Crippen LogP contribution >= 0.6 is 0 Å². The molecule has 1 aromatic heterocycles. The zero-order valence-electron chi connectivity index (χ0n) is 10.6. The smallest absolute Gasteiger partial charge is 0.258 e. The molecule has 0 radical (unpaired) electrons. The number of rotatable bonds is 3. The number of halogens is 1. The normalized spacial score (nSPS) is 9.65. The van der Waals surface area contributed by atoms with Gasteiger partial charge in [0.05, 0.1) is 24.4 Å². The van der Waals surface area contributed by atoms with Gasteiger partial charge in [0, 0.05) is 6.20 Å². The first kappa shape index (κ1) is 13.5. The number of anilines is 1. The number of benzene rings is 1. The van der Waals surface area contributed by atoms with Crippen LogP contribution in [-0.2, 0) is 0 Å². The van der Waals surface area contributed by atoms with E-state index in [0.717, 1.165) is 6.20 Å². The van der Waals surface area contributed by atoms with Crippen molar-refractivity contribution >= 4 is 11.6 Å². The molecule has 2 rings (SSSR count). The summed E-state index contributed by atoms with van der Waals surface area (Å²) in [5.41, 5.74) is 0.278. The van der Waals surface area contributed by atoms with Crippen LogP contribution in [-0.4, -0.2) is 18.0 Å². The number of amides is 1. The molecule has 0 bridgehead atoms. The molecule has 100 valence electrons. The summed E-state index contributed by atoms with van der Waals surface area (Å²) in [6, 6.07) is 7.95. The fourth-order valence-corrected chi connectivity index (χ4v) is 1.66. The molecule has 20 heavy (non-hydrogen) atoms. The second kappa shape index (κ2) is 5.80. The Kier molecular flexibility index (Phi) is 3.91. The first-order chi connectivity index (χ1) is 9.67. The standard InChI is InChI=1S/C14H10FN3O2/c1-20-12-4-2-3-9(7-16)13(12)18-14(19)10-5-6-17-8-11(10)15/h2-6,8H,1H3,(H,18,19). The summed E-state index contributed by atoms with van der Waals surface area (Å²) in [7, 11) is 1.42. The summed E-state index contributed by atoms with van der Waals surface area (Å²) in [6.07, 6.45) is 2.26. The van der Waals surface area contributed by atoms with E-state index in [2.05, 4.69) is 10.3 Å². The van der Waals surface area contributed by atoms with Gasteiger partial charge in [-0.25, -0.2) is 4.39 Å². The number of carbonyl (C=O) groups is 1. The molecule has 0 aliphatic rings. The molecule has 1 heterocycles. The lowest BCUT2D eigenvalue weighted by atomic mass is 10.1. The third kappa shape index (κ3) is 2.57. The molecule has 1 aromatic carbocycles. The highest BCUT2D eigenvalue weighted by Gasteiger charge is 2.16. The summed E-state index contributed by atoms with van der Waals surface area (Å²) in [5, 5.41) is 11.5. The van der Waals surface area contributed by atoms with E-state index < -0.39 is 11.7 Å². The van der Waals surface area contributed by atoms with Crippen molar-refractivity contribution < 1.29 is 13.9 Å². The summed E-state index contributed by atoms with van der Waals surface area (Å²) in [6.45, 7) is 0. The third-order valence-electron chi connectivity index (χ3n) is 2.62. The topological polar surface area (TPSA) is 75.0 Å². The number of methoxy groups -OCH3 is 1. The maximum absolute atomic E-state index is 13.5. The minimum Gasteiger partial charge on any atom is -0.495 e. The highest BCUT2D eigenvalue weighted by molar-refractivity contribution is 6.05. The Morgan fingerprint density at radius 2 is 2.25 bits per heavy atom. The van der Waals surface area contributed by atoms with Crippen LogP contribution in [0.2, 0.25) is 0 Å². The van der Waals surface area contributed by atoms with E-state index in [0.29, 0.717) is 5.75 Å². The molecular formula is C14H10FN3O2. The highest BCUT2D eigenvalue weighted by atomic mass is 19.1. The summed E-state index contributed by atoms with van der Waals surface area (Å²) < 4.78 is 18.6. The molecule has 0 saturated carbocycles. The molecule has 1 N–H and O–H groups in total. The molecular weight excluding hydrogens is 261 g/mol. The van der Waals surface area contributed by atoms with Crippen LogP contribution < -0.4 is 10.1 Å². The van der Waals surface area contributed by atoms with Crippen molar-refractivity contribution in [3.8, 4) is 11.8 Å². The van der Waals surface area contributed by atoms with Crippen molar-refractivity contribution in [1.29, 1.82) is 5.26 Å². The van der Waals surface area contributed by atoms with Gasteiger partial charge in [-0.2, -0.15) is 5.26 Å². The molecule has 0 fully saturated rings. The predicted molar refractivity (Wildman–Crippen MR) is 69.9 cm³/mol. The van der Waals surface area contributed by atoms with Crippen LogP contribution in [0.15, 0.2) is 36.7 Å². The number of nitrogens with zero attached hydrogens (tertiary/aromatic N) is 2. The molecule has 6 heteroatoms. The molecule has 0 aliphatic carbocycles. The van der Waals surface area contributed by atoms with Crippen molar-refractivity contribution in [1.82, 2.24) is 4.98 Å². The Bertz CT molecular complexity index is 695. The Morgan fingerprint density at radius 1 is 1.45 bits per heavy atom. The lowest BCUT2D eigenvalue weighted by molar-refractivity contribution is 0.102. The zero-order chi connectivity index (χ0) is 14.5. The van der Waals surface area contributed by atoms with E-state index in [4.69, 9.17) is 10.00 Å². The Hall–Kier alpha value is -2.94. The number of ether oxygens (including phenoxy) is 1. The third-order valence-corrected chi connectivity index (χ3v) is 2.62. The van der Waals surface area contributed by atoms with Crippen LogP contribution in [0.25, 0.3) is 0 Å². The maximum Gasteiger partial charge on any atom is 0.258 e. The summed E-state index contributed by atoms with van der Waals surface area (Å²) in [5.74, 6) is -1.09. The average molecular weight is 271 g/mol. The largest absolute Gasteiger partial charge is 0.495 e. The van der Waals surface area contributed by atoms with Gasteiger partial charge in [-0.3, -0.25) is 9.78 Å². The van der Waals surface area contributed by atoms with Crippen molar-refractivity contribution in [3.05, 3.63) is 53.6 Å². The van der Waals surface area contributed by atoms with E-state index in [1.807, 2.05) is 6.07 Å². The molecule has 0 aliphatic heterocycles. The second-order valence-electron chi connectivity index (χ2n) is 3.80. The van der Waals surface area contributed by atoms with Gasteiger partial charge in [0.25, 0.3) is 5.91 Å². The zero-order valence-corrected chi connectivity index (χ0v) is 10.6. The van der Waals surface area contributed by atoms with E-state index in [9.17, 15) is 9.18 Å². The van der Waals surface area contributed by atoms with Crippen molar-refractivity contribution in [3.63, 3.8) is 0 Å². The van der Waals surface area contributed by atoms with E-state index in [-0.39, 0.29) is 16.8 Å². The van der Waals surface area contributed by atoms with E-state index in [1.54, 1.807) is 12.1 Å². The van der Waals surface area contributed by atoms with Crippen LogP contribution in [0.4, 0.5) is 10.1 Å². The van der Waals surface area contributed by atoms with Gasteiger partial charge in [0.1, 0.15) is 17.5 Å². The maximum atomic E-state index is 13.5. The lowest BCUT2D eigenvalue weighted by Gasteiger charge is -2.11. The van der Waals surface area contributed by atoms with Gasteiger partial charge in [0.2, 0.25) is 0 Å². The molecule has 2 aromatic rings. The Labute approximate surface area is 114 Å². The number of hydrogen-bond donors (Lipinski definition) is 1. The summed E-state index contributed by atoms with van der Waals surface area (Å²) >= 11 is 0. The minimum absolute atomic E-state index is 0.158. The monoisotopic (exact) mass is 271 g/mol. The van der Waals surface area contributed by atoms with Crippen molar-refractivity contribution in [2.24, 2.45) is 0 Å². The number of nitriles is 1. The number of hydrogen-bond acceptors (Lipinski definition) is 4. The predicted octanol–water partition coefficient (Wildman–Crippen LogP) is 2.35. The van der Waals surface area contributed by atoms with E-state index >= 15 is 0 Å². The SMILES string of the molecule is COc1cccc(C#N)c1NC(=O)c1ccncc1F. The van der Waals surface area contributed by atoms with Crippen LogP contribution in [0.5, 0.6) is 5.75 Å². The molecule has 0 spiro atoms. The summed E-state index contributed by atoms with van der Waals surface area (Å²) in [4.78, 5) is 15.6. The number of aromatic nitrogens is 1. The molecule has 0 unspecified atom stereocenters. The molecule has 0 saturated heterocycles. The second-order valence-corrected chi connectivity index (χ2v) is 3.80. The van der Waals surface area contributed by atoms with Gasteiger partial charge in [0.15, 0.2) is 5.82 Å². The number of para-hydroxylation sites is 1. The van der Waals surface area contributed by atoms with Crippen LogP contribution in [0.1, 0.15) is 15.9 Å². The number of carbonyl (C=O) groups excluding carboxylic acids is 1. The van der Waals surface area contributed by atoms with Crippen molar-refractivity contribution in [2.75, 3.05) is 12.4 Å². The van der Waals surface area contributed by atoms with Crippen LogP contribution in [0, 0.1) is 17.1 Å². The first-order valence-electron chi connectivity index (χ1n) is 5.65. The van der Waals surface area contributed by atoms with Gasteiger partial charge >= 0.3 is 0 Å². The molecule has 0 atom stereocenters. The lowest BCUT2D eigenvalue weighted by Crippen LogP contribution is -2.15. The average Bonchev–Trinajstić information content (AvgIpc) is 2.47. The fraction of sp³-hybridized carbons (Fsp3) is 0.0714. The molecule has 5 nitrogen and oxygen atoms in total. The quantitative estimate of drug-likeness (QED) is 0.929. The number of pyridine rings is 1. The first-order valence-corrected chi connectivity index (χ1v) is 5.65. The van der Waals surface area contributed by atoms with Gasteiger partial charge in [-0.05, 0) is 18.2 Å². The van der Waals surface area contributed by atoms with E-state index in [1.165, 1.54) is 25.4 Å². The number of nitrogens with one attached hydrogen (secondary N) is 1. The fourth-order valence-electron chi connectivity index (χ4n) is 1.66. The van der Waals surface area contributed by atoms with Crippen molar-refractivity contribution in [2.45, 2.75) is 0 Å². The molecule has 1 amide bonds. The highest BCUT2D eigenvalue weighted by Crippen LogP contribution is 2.28. The van der Waals surface area contributed by atoms with Gasteiger partial charge in [-0.1, -0.05) is 6.07 Å². The Morgan fingerprint density at radius 3 is 2.90 bits per heavy atom. The Balaban J connectivity index is 2.38. The van der Waals surface area contributed by atoms with Crippen LogP contribution in [0.3, 0.4) is 0 Å². The van der Waals surface area contributed by atoms with Gasteiger partial charge < -0.3 is 10.1 Å². The van der Waals surface area contributed by atoms with Gasteiger partial charge in [-0.15, -0.1) is 0 Å².